The van der Waals surface area contributed by atoms with Gasteiger partial charge in [-0.05, 0) is 12.8 Å². The van der Waals surface area contributed by atoms with Gasteiger partial charge in [-0.3, -0.25) is 0 Å². The molecule has 14 heavy (non-hydrogen) atoms. The molecule has 0 aromatic carbocycles. The third kappa shape index (κ3) is 8.01. The van der Waals surface area contributed by atoms with E-state index in [9.17, 15) is 0 Å². The summed E-state index contributed by atoms with van der Waals surface area (Å²) in [6.07, 6.45) is 3.21. The number of nitrogens with zero attached hydrogens (tertiary/aromatic N) is 2. The van der Waals surface area contributed by atoms with Crippen molar-refractivity contribution in [1.82, 2.24) is 4.90 Å². The maximum absolute atomic E-state index is 5.40. The van der Waals surface area contributed by atoms with Gasteiger partial charge in [-0.1, -0.05) is 13.8 Å². The summed E-state index contributed by atoms with van der Waals surface area (Å²) in [5.74, 6) is 0. The van der Waals surface area contributed by atoms with Crippen molar-refractivity contribution in [3.8, 4) is 0 Å². The molecule has 0 N–H and O–H groups in total. The van der Waals surface area contributed by atoms with Gasteiger partial charge in [0, 0.05) is 14.1 Å². The van der Waals surface area contributed by atoms with Gasteiger partial charge in [0.2, 0.25) is 0 Å². The van der Waals surface area contributed by atoms with Gasteiger partial charge in [0.05, 0.1) is 19.6 Å². The fraction of sp³-hybridized carbons (Fsp3) is 0.900. The lowest BCUT2D eigenvalue weighted by Gasteiger charge is -2.14. The molecule has 0 aliphatic rings. The van der Waals surface area contributed by atoms with Crippen LogP contribution in [0.2, 0.25) is 0 Å². The highest BCUT2D eigenvalue weighted by Crippen LogP contribution is 1.98. The van der Waals surface area contributed by atoms with Gasteiger partial charge in [0.15, 0.2) is 0 Å². The fourth-order valence-electron chi connectivity index (χ4n) is 0.759. The first kappa shape index (κ1) is 13.4. The van der Waals surface area contributed by atoms with Gasteiger partial charge in [-0.2, -0.15) is 0 Å². The van der Waals surface area contributed by atoms with Gasteiger partial charge in [0.25, 0.3) is 6.41 Å². The van der Waals surface area contributed by atoms with Gasteiger partial charge >= 0.3 is 0 Å². The first-order valence-electron chi connectivity index (χ1n) is 5.13. The van der Waals surface area contributed by atoms with E-state index in [-0.39, 0.29) is 0 Å². The van der Waals surface area contributed by atoms with Crippen molar-refractivity contribution in [2.45, 2.75) is 33.1 Å². The first-order valence-corrected chi connectivity index (χ1v) is 5.13. The van der Waals surface area contributed by atoms with Crippen LogP contribution in [0.5, 0.6) is 0 Å². The van der Waals surface area contributed by atoms with Crippen molar-refractivity contribution in [1.29, 1.82) is 0 Å². The van der Waals surface area contributed by atoms with E-state index >= 15 is 0 Å². The molecule has 0 unspecified atom stereocenters. The van der Waals surface area contributed by atoms with Gasteiger partial charge < -0.3 is 14.4 Å². The summed E-state index contributed by atoms with van der Waals surface area (Å²) < 4.78 is 10.8. The van der Waals surface area contributed by atoms with Gasteiger partial charge in [0.1, 0.15) is 0 Å². The van der Waals surface area contributed by atoms with Gasteiger partial charge in [-0.15, -0.1) is 0 Å². The topological polar surface area (TPSA) is 34.1 Å². The Bertz CT molecular complexity index is 141. The van der Waals surface area contributed by atoms with Crippen molar-refractivity contribution in [3.63, 3.8) is 0 Å². The molecule has 0 saturated carbocycles. The molecule has 0 saturated heterocycles. The molecule has 84 valence electrons. The summed E-state index contributed by atoms with van der Waals surface area (Å²) in [4.78, 5) is 6.01. The van der Waals surface area contributed by atoms with Crippen LogP contribution in [0, 0.1) is 0 Å². The third-order valence-electron chi connectivity index (χ3n) is 1.35. The minimum absolute atomic E-state index is 0.447. The van der Waals surface area contributed by atoms with Crippen LogP contribution in [-0.2, 0) is 9.47 Å². The monoisotopic (exact) mass is 202 g/mol. The SMILES string of the molecule is CCCOC(N=CN(C)C)OCCC. The maximum atomic E-state index is 5.40. The molecule has 0 bridgehead atoms. The van der Waals surface area contributed by atoms with E-state index in [4.69, 9.17) is 9.47 Å². The molecular formula is C10H22N2O2. The summed E-state index contributed by atoms with van der Waals surface area (Å²) in [6, 6.07) is 0. The van der Waals surface area contributed by atoms with Crippen LogP contribution in [0.1, 0.15) is 26.7 Å². The van der Waals surface area contributed by atoms with Crippen molar-refractivity contribution < 1.29 is 9.47 Å². The average molecular weight is 202 g/mol. The summed E-state index contributed by atoms with van der Waals surface area (Å²) >= 11 is 0. The molecule has 0 spiro atoms. The Morgan fingerprint density at radius 3 is 2.00 bits per heavy atom. The van der Waals surface area contributed by atoms with Crippen LogP contribution in [0.4, 0.5) is 0 Å². The lowest BCUT2D eigenvalue weighted by atomic mass is 10.5. The summed E-state index contributed by atoms with van der Waals surface area (Å²) in [5.41, 5.74) is 0. The first-order chi connectivity index (χ1) is 6.70. The number of hydrogen-bond donors (Lipinski definition) is 0. The van der Waals surface area contributed by atoms with E-state index in [1.54, 1.807) is 6.34 Å². The second-order valence-corrected chi connectivity index (χ2v) is 3.28. The van der Waals surface area contributed by atoms with Crippen molar-refractivity contribution >= 4 is 6.34 Å². The maximum Gasteiger partial charge on any atom is 0.259 e. The van der Waals surface area contributed by atoms with Crippen LogP contribution < -0.4 is 0 Å². The molecule has 0 aromatic rings. The summed E-state index contributed by atoms with van der Waals surface area (Å²) in [7, 11) is 3.83. The number of aliphatic imine (C=N–C) groups is 1. The zero-order chi connectivity index (χ0) is 10.8. The smallest absolute Gasteiger partial charge is 0.259 e. The molecule has 0 amide bonds. The number of ether oxygens (including phenoxy) is 2. The zero-order valence-corrected chi connectivity index (χ0v) is 9.69. The lowest BCUT2D eigenvalue weighted by molar-refractivity contribution is -0.136. The highest BCUT2D eigenvalue weighted by molar-refractivity contribution is 5.53. The molecule has 0 heterocycles. The van der Waals surface area contributed by atoms with Gasteiger partial charge in [-0.25, -0.2) is 4.99 Å². The Morgan fingerprint density at radius 1 is 1.14 bits per heavy atom. The second kappa shape index (κ2) is 8.97. The lowest BCUT2D eigenvalue weighted by Crippen LogP contribution is -2.19. The highest BCUT2D eigenvalue weighted by atomic mass is 16.7. The Hall–Kier alpha value is -0.610. The fourth-order valence-corrected chi connectivity index (χ4v) is 0.759. The Morgan fingerprint density at radius 2 is 1.64 bits per heavy atom. The van der Waals surface area contributed by atoms with E-state index in [0.29, 0.717) is 13.2 Å². The molecular weight excluding hydrogens is 180 g/mol. The molecule has 0 radical (unpaired) electrons. The molecule has 0 fully saturated rings. The van der Waals surface area contributed by atoms with Crippen LogP contribution in [-0.4, -0.2) is 45.0 Å². The van der Waals surface area contributed by atoms with E-state index in [0.717, 1.165) is 12.8 Å². The second-order valence-electron chi connectivity index (χ2n) is 3.28. The Balaban J connectivity index is 3.83. The van der Waals surface area contributed by atoms with Crippen molar-refractivity contribution in [2.75, 3.05) is 27.3 Å². The standard InChI is InChI=1S/C10H22N2O2/c1-5-7-13-10(14-8-6-2)11-9-12(3)4/h9-10H,5-8H2,1-4H3. The van der Waals surface area contributed by atoms with E-state index in [1.165, 1.54) is 0 Å². The molecule has 0 aromatic heterocycles. The number of hydrogen-bond acceptors (Lipinski definition) is 3. The average Bonchev–Trinajstić information content (AvgIpc) is 2.16. The quantitative estimate of drug-likeness (QED) is 0.341. The minimum atomic E-state index is -0.447. The highest BCUT2D eigenvalue weighted by Gasteiger charge is 2.04. The van der Waals surface area contributed by atoms with E-state index in [1.807, 2.05) is 19.0 Å². The normalized spacial score (nSPS) is 11.5. The summed E-state index contributed by atoms with van der Waals surface area (Å²) in [5, 5.41) is 0. The molecule has 0 rings (SSSR count). The minimum Gasteiger partial charge on any atom is -0.369 e. The van der Waals surface area contributed by atoms with Crippen LogP contribution in [0.3, 0.4) is 0 Å². The predicted molar refractivity (Wildman–Crippen MR) is 58.5 cm³/mol. The van der Waals surface area contributed by atoms with E-state index < -0.39 is 6.41 Å². The molecule has 0 aliphatic heterocycles. The zero-order valence-electron chi connectivity index (χ0n) is 9.69. The Kier molecular flexibility index (Phi) is 8.57. The number of rotatable bonds is 8. The van der Waals surface area contributed by atoms with Crippen LogP contribution in [0.25, 0.3) is 0 Å². The van der Waals surface area contributed by atoms with E-state index in [2.05, 4.69) is 18.8 Å². The molecule has 0 aliphatic carbocycles. The summed E-state index contributed by atoms with van der Waals surface area (Å²) in [6.45, 7) is 5.48. The molecule has 4 heteroatoms. The Labute approximate surface area is 86.9 Å². The van der Waals surface area contributed by atoms with Crippen LogP contribution >= 0.6 is 0 Å². The predicted octanol–water partition coefficient (Wildman–Crippen LogP) is 1.71. The van der Waals surface area contributed by atoms with Crippen molar-refractivity contribution in [3.05, 3.63) is 0 Å². The van der Waals surface area contributed by atoms with Crippen molar-refractivity contribution in [2.24, 2.45) is 4.99 Å². The largest absolute Gasteiger partial charge is 0.369 e. The molecule has 0 atom stereocenters. The molecule has 4 nitrogen and oxygen atoms in total. The third-order valence-corrected chi connectivity index (χ3v) is 1.35. The van der Waals surface area contributed by atoms with Crippen LogP contribution in [0.15, 0.2) is 4.99 Å².